The van der Waals surface area contributed by atoms with Crippen molar-refractivity contribution < 1.29 is 9.59 Å². The Hall–Kier alpha value is -5.97. The molecule has 0 amide bonds. The molecule has 0 unspecified atom stereocenters. The molecule has 2 heterocycles. The fourth-order valence-electron chi connectivity index (χ4n) is 4.31. The Labute approximate surface area is 282 Å². The van der Waals surface area contributed by atoms with Gasteiger partial charge in [-0.2, -0.15) is 5.26 Å². The van der Waals surface area contributed by atoms with Gasteiger partial charge in [-0.15, -0.1) is 22.7 Å². The average Bonchev–Trinajstić information content (AvgIpc) is 3.77. The second kappa shape index (κ2) is 16.4. The number of nitrogens with zero attached hydrogens (tertiary/aromatic N) is 1. The Balaban J connectivity index is 0.000000185. The van der Waals surface area contributed by atoms with Crippen molar-refractivity contribution in [3.8, 4) is 29.8 Å². The molecule has 0 saturated carbocycles. The summed E-state index contributed by atoms with van der Waals surface area (Å²) in [5.41, 5.74) is 10.3. The van der Waals surface area contributed by atoms with Crippen molar-refractivity contribution in [2.45, 2.75) is 12.8 Å². The number of ketones is 2. The molecule has 6 rings (SSSR count). The highest BCUT2D eigenvalue weighted by Crippen LogP contribution is 2.19. The maximum atomic E-state index is 12.2. The molecule has 4 nitrogen and oxygen atoms in total. The zero-order valence-electron chi connectivity index (χ0n) is 25.3. The Kier molecular flexibility index (Phi) is 11.3. The minimum atomic E-state index is 0.115. The summed E-state index contributed by atoms with van der Waals surface area (Å²) in [5.74, 6) is 12.7. The summed E-state index contributed by atoms with van der Waals surface area (Å²) in [6.45, 7) is 0. The number of nitrogen functional groups attached to an aromatic ring is 1. The number of nitrogens with two attached hydrogens (primary N) is 1. The van der Waals surface area contributed by atoms with Crippen LogP contribution in [0, 0.1) is 35.0 Å². The van der Waals surface area contributed by atoms with Crippen molar-refractivity contribution in [1.29, 1.82) is 5.26 Å². The van der Waals surface area contributed by atoms with E-state index in [-0.39, 0.29) is 11.6 Å². The van der Waals surface area contributed by atoms with Gasteiger partial charge in [0.2, 0.25) is 0 Å². The summed E-state index contributed by atoms with van der Waals surface area (Å²) in [6, 6.07) is 43.2. The van der Waals surface area contributed by atoms with Crippen LogP contribution in [0.3, 0.4) is 0 Å². The van der Waals surface area contributed by atoms with Gasteiger partial charge in [0, 0.05) is 50.5 Å². The molecule has 2 N–H and O–H groups in total. The van der Waals surface area contributed by atoms with Crippen molar-refractivity contribution in [1.82, 2.24) is 0 Å². The van der Waals surface area contributed by atoms with Gasteiger partial charge in [-0.25, -0.2) is 0 Å². The topological polar surface area (TPSA) is 83.9 Å². The molecule has 4 aromatic carbocycles. The quantitative estimate of drug-likeness (QED) is 0.112. The van der Waals surface area contributed by atoms with Gasteiger partial charge in [-0.3, -0.25) is 9.59 Å². The van der Waals surface area contributed by atoms with Crippen LogP contribution in [0.1, 0.15) is 56.9 Å². The highest BCUT2D eigenvalue weighted by atomic mass is 32.1. The molecular weight excluding hydrogens is 617 g/mol. The van der Waals surface area contributed by atoms with Crippen LogP contribution in [-0.4, -0.2) is 11.6 Å². The number of carbonyl (C=O) groups excluding carboxylic acids is 2. The first-order valence-corrected chi connectivity index (χ1v) is 16.3. The number of nitriles is 1. The van der Waals surface area contributed by atoms with Gasteiger partial charge in [0.25, 0.3) is 0 Å². The van der Waals surface area contributed by atoms with Crippen LogP contribution in [0.15, 0.2) is 133 Å². The number of thiophene rings is 2. The maximum absolute atomic E-state index is 12.2. The van der Waals surface area contributed by atoms with Crippen LogP contribution < -0.4 is 5.73 Å². The Morgan fingerprint density at radius 2 is 0.915 bits per heavy atom. The lowest BCUT2D eigenvalue weighted by molar-refractivity contribution is 0.0985. The van der Waals surface area contributed by atoms with Crippen LogP contribution >= 0.6 is 22.7 Å². The third-order valence-corrected chi connectivity index (χ3v) is 8.77. The van der Waals surface area contributed by atoms with Gasteiger partial charge in [0.1, 0.15) is 0 Å². The van der Waals surface area contributed by atoms with E-state index in [1.165, 1.54) is 11.3 Å². The van der Waals surface area contributed by atoms with Crippen molar-refractivity contribution in [2.24, 2.45) is 0 Å². The molecule has 0 aliphatic carbocycles. The lowest BCUT2D eigenvalue weighted by Gasteiger charge is -1.97. The second-order valence-corrected chi connectivity index (χ2v) is 12.6. The molecule has 0 atom stereocenters. The summed E-state index contributed by atoms with van der Waals surface area (Å²) in [5, 5.41) is 8.78. The van der Waals surface area contributed by atoms with Crippen LogP contribution in [0.4, 0.5) is 5.69 Å². The summed E-state index contributed by atoms with van der Waals surface area (Å²) in [7, 11) is 0. The van der Waals surface area contributed by atoms with Crippen LogP contribution in [0.25, 0.3) is 0 Å². The first-order valence-electron chi connectivity index (χ1n) is 14.7. The molecule has 0 radical (unpaired) electrons. The SMILES string of the molecule is N#Cc1ccc(C#Cc2ccc(CC(=O)c3ccccc3)s2)cc1.Nc1ccc(C#Cc2ccc(CC(=O)c3ccccc3)s2)cc1. The van der Waals surface area contributed by atoms with E-state index in [9.17, 15) is 9.59 Å². The normalized spacial score (nSPS) is 9.77. The molecule has 226 valence electrons. The second-order valence-electron chi connectivity index (χ2n) is 10.3. The predicted molar refractivity (Wildman–Crippen MR) is 192 cm³/mol. The third kappa shape index (κ3) is 10.0. The molecule has 2 aromatic heterocycles. The number of benzene rings is 4. The average molecular weight is 645 g/mol. The van der Waals surface area contributed by atoms with E-state index in [1.807, 2.05) is 121 Å². The fraction of sp³-hybridized carbons (Fsp3) is 0.0488. The Morgan fingerprint density at radius 1 is 0.511 bits per heavy atom. The van der Waals surface area contributed by atoms with Gasteiger partial charge in [-0.1, -0.05) is 84.3 Å². The maximum Gasteiger partial charge on any atom is 0.168 e. The van der Waals surface area contributed by atoms with Crippen molar-refractivity contribution >= 4 is 39.9 Å². The molecule has 6 aromatic rings. The molecule has 6 heteroatoms. The summed E-state index contributed by atoms with van der Waals surface area (Å²) in [4.78, 5) is 28.3. The number of hydrogen-bond acceptors (Lipinski definition) is 6. The van der Waals surface area contributed by atoms with E-state index in [2.05, 4.69) is 29.8 Å². The summed E-state index contributed by atoms with van der Waals surface area (Å²) in [6.07, 6.45) is 0.811. The van der Waals surface area contributed by atoms with Crippen molar-refractivity contribution in [3.05, 3.63) is 181 Å². The van der Waals surface area contributed by atoms with E-state index in [4.69, 9.17) is 11.0 Å². The first kappa shape index (κ1) is 32.4. The van der Waals surface area contributed by atoms with Crippen LogP contribution in [-0.2, 0) is 12.8 Å². The van der Waals surface area contributed by atoms with Gasteiger partial charge >= 0.3 is 0 Å². The minimum Gasteiger partial charge on any atom is -0.399 e. The molecular formula is C41H28N2O2S2. The Bertz CT molecular complexity index is 2130. The number of rotatable bonds is 6. The number of anilines is 1. The largest absolute Gasteiger partial charge is 0.399 e. The molecule has 0 aliphatic rings. The molecule has 0 aliphatic heterocycles. The van der Waals surface area contributed by atoms with E-state index in [1.54, 1.807) is 23.5 Å². The molecule has 0 saturated heterocycles. The first-order chi connectivity index (χ1) is 22.9. The predicted octanol–water partition coefficient (Wildman–Crippen LogP) is 8.60. The number of hydrogen-bond donors (Lipinski definition) is 1. The van der Waals surface area contributed by atoms with Crippen molar-refractivity contribution in [2.75, 3.05) is 5.73 Å². The highest BCUT2D eigenvalue weighted by Gasteiger charge is 2.09. The fourth-order valence-corrected chi connectivity index (χ4v) is 6.03. The third-order valence-electron chi connectivity index (χ3n) is 6.77. The Morgan fingerprint density at radius 3 is 1.34 bits per heavy atom. The molecule has 0 fully saturated rings. The zero-order chi connectivity index (χ0) is 32.8. The number of Topliss-reactive ketones (excluding diaryl/α,β-unsaturated/α-hetero) is 2. The highest BCUT2D eigenvalue weighted by molar-refractivity contribution is 7.13. The van der Waals surface area contributed by atoms with E-state index in [0.29, 0.717) is 18.4 Å². The van der Waals surface area contributed by atoms with E-state index in [0.717, 1.165) is 47.4 Å². The smallest absolute Gasteiger partial charge is 0.168 e. The lowest BCUT2D eigenvalue weighted by atomic mass is 10.1. The summed E-state index contributed by atoms with van der Waals surface area (Å²) < 4.78 is 0. The number of carbonyl (C=O) groups is 2. The molecule has 0 bridgehead atoms. The minimum absolute atomic E-state index is 0.115. The standard InChI is InChI=1S/C21H13NOS.C20H15NOS/c22-15-17-8-6-16(7-9-17)10-11-19-12-13-20(24-19)14-21(23)18-4-2-1-3-5-18;21-17-9-6-15(7-10-17)8-11-18-12-13-19(23-18)14-20(22)16-4-2-1-3-5-16/h1-9,12-13H,14H2;1-7,9-10,12-13H,14,21H2. The zero-order valence-corrected chi connectivity index (χ0v) is 26.9. The lowest BCUT2D eigenvalue weighted by Crippen LogP contribution is -2.01. The summed E-state index contributed by atoms with van der Waals surface area (Å²) >= 11 is 3.10. The monoisotopic (exact) mass is 644 g/mol. The molecule has 0 spiro atoms. The molecule has 47 heavy (non-hydrogen) atoms. The van der Waals surface area contributed by atoms with Gasteiger partial charge in [-0.05, 0) is 72.8 Å². The van der Waals surface area contributed by atoms with Gasteiger partial charge < -0.3 is 5.73 Å². The van der Waals surface area contributed by atoms with Crippen LogP contribution in [0.2, 0.25) is 0 Å². The van der Waals surface area contributed by atoms with Crippen LogP contribution in [0.5, 0.6) is 0 Å². The van der Waals surface area contributed by atoms with E-state index < -0.39 is 0 Å². The van der Waals surface area contributed by atoms with Gasteiger partial charge in [0.15, 0.2) is 11.6 Å². The van der Waals surface area contributed by atoms with E-state index >= 15 is 0 Å². The van der Waals surface area contributed by atoms with Crippen molar-refractivity contribution in [3.63, 3.8) is 0 Å². The van der Waals surface area contributed by atoms with Gasteiger partial charge in [0.05, 0.1) is 21.4 Å².